The summed E-state index contributed by atoms with van der Waals surface area (Å²) in [6.07, 6.45) is 5.17. The summed E-state index contributed by atoms with van der Waals surface area (Å²) in [5.41, 5.74) is 5.02. The van der Waals surface area contributed by atoms with Crippen molar-refractivity contribution in [2.24, 2.45) is 0 Å². The fourth-order valence-corrected chi connectivity index (χ4v) is 4.68. The Hall–Kier alpha value is -3.98. The minimum atomic E-state index is -4.88. The predicted molar refractivity (Wildman–Crippen MR) is 140 cm³/mol. The number of aromatic nitrogens is 1. The summed E-state index contributed by atoms with van der Waals surface area (Å²) < 4.78 is 41.0. The van der Waals surface area contributed by atoms with Crippen molar-refractivity contribution in [3.8, 4) is 17.2 Å². The number of hydrogen-bond acceptors (Lipinski definition) is 6. The summed E-state index contributed by atoms with van der Waals surface area (Å²) in [5.74, 6) is -0.783. The highest BCUT2D eigenvalue weighted by molar-refractivity contribution is 7.46. The maximum absolute atomic E-state index is 14.2. The molecule has 1 aliphatic rings. The number of phosphoric acid groups is 1. The zero-order valence-corrected chi connectivity index (χ0v) is 21.8. The van der Waals surface area contributed by atoms with E-state index in [1.165, 1.54) is 38.5 Å². The number of carbonyl (C=O) groups is 1. The van der Waals surface area contributed by atoms with Crippen molar-refractivity contribution in [3.05, 3.63) is 88.5 Å². The van der Waals surface area contributed by atoms with Crippen molar-refractivity contribution in [2.75, 3.05) is 14.2 Å². The molecule has 9 nitrogen and oxygen atoms in total. The molecule has 1 heterocycles. The number of methoxy groups -OCH3 is 2. The summed E-state index contributed by atoms with van der Waals surface area (Å²) in [4.78, 5) is 35.4. The second-order valence-corrected chi connectivity index (χ2v) is 9.67. The summed E-state index contributed by atoms with van der Waals surface area (Å²) in [6, 6.07) is 11.1. The van der Waals surface area contributed by atoms with Crippen LogP contribution in [0.15, 0.2) is 60.4 Å². The van der Waals surface area contributed by atoms with E-state index in [-0.39, 0.29) is 29.6 Å². The fourth-order valence-electron chi connectivity index (χ4n) is 4.27. The molecule has 2 aromatic carbocycles. The van der Waals surface area contributed by atoms with E-state index in [1.54, 1.807) is 30.6 Å². The molecule has 11 heteroatoms. The minimum absolute atomic E-state index is 0.0432. The monoisotopic (exact) mass is 540 g/mol. The lowest BCUT2D eigenvalue weighted by molar-refractivity contribution is -0.120. The molecular weight excluding hydrogens is 514 g/mol. The highest BCUT2D eigenvalue weighted by Gasteiger charge is 2.27. The van der Waals surface area contributed by atoms with Gasteiger partial charge < -0.3 is 19.3 Å². The van der Waals surface area contributed by atoms with Crippen molar-refractivity contribution >= 4 is 31.0 Å². The first kappa shape index (κ1) is 27.1. The molecule has 0 saturated heterocycles. The van der Waals surface area contributed by atoms with Gasteiger partial charge >= 0.3 is 7.82 Å². The number of phosphoric ester groups is 1. The molecule has 0 atom stereocenters. The average Bonchev–Trinajstić information content (AvgIpc) is 3.12. The van der Waals surface area contributed by atoms with Crippen LogP contribution in [0, 0.1) is 5.82 Å². The van der Waals surface area contributed by atoms with Gasteiger partial charge in [-0.1, -0.05) is 12.1 Å². The molecule has 1 aromatic heterocycles. The third kappa shape index (κ3) is 6.11. The number of amides is 1. The first-order valence-corrected chi connectivity index (χ1v) is 13.0. The number of nitrogens with one attached hydrogen (secondary N) is 1. The average molecular weight is 540 g/mol. The molecule has 0 aliphatic heterocycles. The van der Waals surface area contributed by atoms with Gasteiger partial charge in [-0.05, 0) is 82.3 Å². The molecule has 1 aliphatic carbocycles. The lowest BCUT2D eigenvalue weighted by Gasteiger charge is -2.16. The number of pyridine rings is 1. The number of fused-ring (bicyclic) bond motifs is 1. The Morgan fingerprint density at radius 1 is 1.11 bits per heavy atom. The normalized spacial score (nSPS) is 13.9. The van der Waals surface area contributed by atoms with Gasteiger partial charge in [0.1, 0.15) is 5.82 Å². The molecule has 3 N–H and O–H groups in total. The molecule has 198 valence electrons. The van der Waals surface area contributed by atoms with Crippen LogP contribution in [0.4, 0.5) is 4.39 Å². The Kier molecular flexibility index (Phi) is 7.97. The van der Waals surface area contributed by atoms with E-state index in [0.29, 0.717) is 23.2 Å². The SMILES string of the molecule is COc1cc(C=C2C(C)=C(CC(=O)NCc3cccnc3)c3cc(F)ccc32)cc(OC)c1OP(=O)(O)O. The van der Waals surface area contributed by atoms with Crippen molar-refractivity contribution < 1.29 is 37.5 Å². The number of ether oxygens (including phenoxy) is 2. The van der Waals surface area contributed by atoms with Crippen LogP contribution in [0.5, 0.6) is 17.2 Å². The smallest absolute Gasteiger partial charge is 0.493 e. The Bertz CT molecular complexity index is 1460. The number of allylic oxidation sites excluding steroid dienone is 2. The fraction of sp³-hybridized carbons (Fsp3) is 0.185. The highest BCUT2D eigenvalue weighted by Crippen LogP contribution is 2.49. The predicted octanol–water partition coefficient (Wildman–Crippen LogP) is 4.74. The van der Waals surface area contributed by atoms with Crippen molar-refractivity contribution in [1.29, 1.82) is 0 Å². The van der Waals surface area contributed by atoms with Gasteiger partial charge in [0.05, 0.1) is 20.6 Å². The molecule has 0 unspecified atom stereocenters. The number of rotatable bonds is 9. The number of carbonyl (C=O) groups excluding carboxylic acids is 1. The van der Waals surface area contributed by atoms with E-state index in [9.17, 15) is 23.5 Å². The van der Waals surface area contributed by atoms with E-state index < -0.39 is 13.6 Å². The van der Waals surface area contributed by atoms with E-state index in [2.05, 4.69) is 10.3 Å². The molecule has 0 radical (unpaired) electrons. The molecule has 3 aromatic rings. The van der Waals surface area contributed by atoms with Gasteiger partial charge in [-0.15, -0.1) is 0 Å². The van der Waals surface area contributed by atoms with Gasteiger partial charge in [0.25, 0.3) is 0 Å². The van der Waals surface area contributed by atoms with Crippen LogP contribution < -0.4 is 19.3 Å². The standard InChI is InChI=1S/C27H26FN2O7P/c1-16-21(9-18-10-24(35-2)27(25(11-18)36-3)37-38(32,33)34)20-7-6-19(28)12-23(20)22(16)13-26(31)30-15-17-5-4-8-29-14-17/h4-12,14H,13,15H2,1-3H3,(H,30,31)(H2,32,33,34). The van der Waals surface area contributed by atoms with Crippen LogP contribution in [0.1, 0.15) is 35.6 Å². The molecule has 0 fully saturated rings. The van der Waals surface area contributed by atoms with Crippen LogP contribution >= 0.6 is 7.82 Å². The van der Waals surface area contributed by atoms with Crippen molar-refractivity contribution in [1.82, 2.24) is 10.3 Å². The van der Waals surface area contributed by atoms with E-state index in [4.69, 9.17) is 14.0 Å². The van der Waals surface area contributed by atoms with Crippen molar-refractivity contribution in [2.45, 2.75) is 19.9 Å². The van der Waals surface area contributed by atoms with E-state index in [1.807, 2.05) is 13.0 Å². The van der Waals surface area contributed by atoms with Crippen LogP contribution in [-0.4, -0.2) is 34.9 Å². The van der Waals surface area contributed by atoms with Crippen LogP contribution in [0.3, 0.4) is 0 Å². The summed E-state index contributed by atoms with van der Waals surface area (Å²) in [7, 11) is -2.21. The lowest BCUT2D eigenvalue weighted by atomic mass is 10.00. The Balaban J connectivity index is 1.70. The highest BCUT2D eigenvalue weighted by atomic mass is 31.2. The number of halogens is 1. The van der Waals surface area contributed by atoms with Crippen LogP contribution in [0.25, 0.3) is 17.2 Å². The largest absolute Gasteiger partial charge is 0.525 e. The van der Waals surface area contributed by atoms with Gasteiger partial charge in [-0.3, -0.25) is 19.6 Å². The van der Waals surface area contributed by atoms with Crippen LogP contribution in [0.2, 0.25) is 0 Å². The molecule has 0 bridgehead atoms. The molecule has 0 spiro atoms. The maximum atomic E-state index is 14.2. The first-order chi connectivity index (χ1) is 18.1. The number of hydrogen-bond donors (Lipinski definition) is 3. The minimum Gasteiger partial charge on any atom is -0.493 e. The Morgan fingerprint density at radius 2 is 1.82 bits per heavy atom. The van der Waals surface area contributed by atoms with Gasteiger partial charge in [-0.25, -0.2) is 8.96 Å². The molecule has 4 rings (SSSR count). The second kappa shape index (κ2) is 11.2. The van der Waals surface area contributed by atoms with Gasteiger partial charge in [0, 0.05) is 18.9 Å². The summed E-state index contributed by atoms with van der Waals surface area (Å²) in [6.45, 7) is 2.17. The zero-order chi connectivity index (χ0) is 27.4. The quantitative estimate of drug-likeness (QED) is 0.332. The van der Waals surface area contributed by atoms with E-state index >= 15 is 0 Å². The van der Waals surface area contributed by atoms with E-state index in [0.717, 1.165) is 22.3 Å². The van der Waals surface area contributed by atoms with Gasteiger partial charge in [0.2, 0.25) is 11.7 Å². The molecule has 1 amide bonds. The molecule has 0 saturated carbocycles. The maximum Gasteiger partial charge on any atom is 0.525 e. The van der Waals surface area contributed by atoms with Gasteiger partial charge in [0.15, 0.2) is 11.5 Å². The number of nitrogens with zero attached hydrogens (tertiary/aromatic N) is 1. The topological polar surface area (TPSA) is 127 Å². The van der Waals surface area contributed by atoms with Gasteiger partial charge in [-0.2, -0.15) is 0 Å². The number of benzene rings is 2. The Morgan fingerprint density at radius 3 is 2.42 bits per heavy atom. The second-order valence-electron chi connectivity index (χ2n) is 8.50. The lowest BCUT2D eigenvalue weighted by Crippen LogP contribution is -2.22. The molecular formula is C27H26FN2O7P. The summed E-state index contributed by atoms with van der Waals surface area (Å²) in [5, 5.41) is 2.87. The van der Waals surface area contributed by atoms with Crippen LogP contribution in [-0.2, 0) is 15.9 Å². The zero-order valence-electron chi connectivity index (χ0n) is 20.9. The van der Waals surface area contributed by atoms with Crippen molar-refractivity contribution in [3.63, 3.8) is 0 Å². The summed E-state index contributed by atoms with van der Waals surface area (Å²) >= 11 is 0. The molecule has 38 heavy (non-hydrogen) atoms. The first-order valence-electron chi connectivity index (χ1n) is 11.5. The Labute approximate surface area is 218 Å². The third-order valence-electron chi connectivity index (χ3n) is 6.01. The third-order valence-corrected chi connectivity index (χ3v) is 6.43.